The van der Waals surface area contributed by atoms with E-state index in [1.54, 1.807) is 0 Å². The number of rotatable bonds is 6. The van der Waals surface area contributed by atoms with Gasteiger partial charge in [0.25, 0.3) is 0 Å². The first-order valence-electron chi connectivity index (χ1n) is 5.58. The highest BCUT2D eigenvalue weighted by molar-refractivity contribution is 8.07. The van der Waals surface area contributed by atoms with Gasteiger partial charge in [0.1, 0.15) is 12.2 Å². The van der Waals surface area contributed by atoms with Crippen molar-refractivity contribution in [1.82, 2.24) is 0 Å². The molecule has 7 N–H and O–H groups in total. The van der Waals surface area contributed by atoms with Crippen LogP contribution in [0.2, 0.25) is 0 Å². The summed E-state index contributed by atoms with van der Waals surface area (Å²) in [5.74, 6) is 0. The minimum absolute atomic E-state index is 0.0136. The SMILES string of the molecule is O[C@H]1[C@H](OP(O)(O)=S)CCC(OP(O)(O)=S)[C@@H]1OP(O)(O)=S. The Morgan fingerprint density at radius 2 is 1.05 bits per heavy atom. The lowest BCUT2D eigenvalue weighted by molar-refractivity contribution is -0.116. The fourth-order valence-corrected chi connectivity index (χ4v) is 4.66. The average molecular weight is 436 g/mol. The van der Waals surface area contributed by atoms with Gasteiger partial charge in [-0.3, -0.25) is 4.52 Å². The van der Waals surface area contributed by atoms with Crippen LogP contribution in [-0.4, -0.2) is 58.9 Å². The fourth-order valence-electron chi connectivity index (χ4n) is 1.96. The molecule has 16 heteroatoms. The molecule has 1 saturated carbocycles. The van der Waals surface area contributed by atoms with Crippen molar-refractivity contribution in [2.24, 2.45) is 0 Å². The van der Waals surface area contributed by atoms with E-state index in [0.717, 1.165) is 0 Å². The Kier molecular flexibility index (Phi) is 7.69. The van der Waals surface area contributed by atoms with Crippen LogP contribution in [0.15, 0.2) is 0 Å². The van der Waals surface area contributed by atoms with Crippen molar-refractivity contribution < 1.29 is 48.0 Å². The zero-order chi connectivity index (χ0) is 17.3. The van der Waals surface area contributed by atoms with Gasteiger partial charge in [-0.25, -0.2) is 0 Å². The summed E-state index contributed by atoms with van der Waals surface area (Å²) < 4.78 is 14.3. The van der Waals surface area contributed by atoms with Crippen molar-refractivity contribution in [3.63, 3.8) is 0 Å². The van der Waals surface area contributed by atoms with E-state index in [1.165, 1.54) is 0 Å². The van der Waals surface area contributed by atoms with Gasteiger partial charge in [0.2, 0.25) is 0 Å². The van der Waals surface area contributed by atoms with E-state index in [9.17, 15) is 24.7 Å². The Hall–Kier alpha value is 1.55. The molecular formula is C6H15O10P3S3. The quantitative estimate of drug-likeness (QED) is 0.251. The average Bonchev–Trinajstić information content (AvgIpc) is 2.22. The maximum atomic E-state index is 10.1. The lowest BCUT2D eigenvalue weighted by atomic mass is 9.90. The summed E-state index contributed by atoms with van der Waals surface area (Å²) in [6, 6.07) is 0. The van der Waals surface area contributed by atoms with Crippen LogP contribution in [0, 0.1) is 0 Å². The van der Waals surface area contributed by atoms with Crippen LogP contribution in [0.3, 0.4) is 0 Å². The van der Waals surface area contributed by atoms with Crippen molar-refractivity contribution in [3.8, 4) is 0 Å². The van der Waals surface area contributed by atoms with Gasteiger partial charge in [-0.2, -0.15) is 0 Å². The monoisotopic (exact) mass is 436 g/mol. The molecule has 0 bridgehead atoms. The summed E-state index contributed by atoms with van der Waals surface area (Å²) in [4.78, 5) is 55.1. The van der Waals surface area contributed by atoms with E-state index in [1.807, 2.05) is 0 Å². The van der Waals surface area contributed by atoms with Crippen LogP contribution < -0.4 is 0 Å². The zero-order valence-electron chi connectivity index (χ0n) is 10.6. The van der Waals surface area contributed by atoms with Gasteiger partial charge in [-0.05, 0) is 48.3 Å². The Balaban J connectivity index is 2.97. The van der Waals surface area contributed by atoms with E-state index in [0.29, 0.717) is 0 Å². The standard InChI is InChI=1S/C6H15O10P3S3/c7-5-3(14-17(8,9)20)1-2-4(15-18(10,11)21)6(5)16-19(12,13)22/h3-7H,1-2H2,(H2,8,9,20)(H2,10,11,21)(H2,12,13,22)/t3-,4?,5+,6+/m1/s1. The van der Waals surface area contributed by atoms with Crippen LogP contribution in [0.25, 0.3) is 0 Å². The lowest BCUT2D eigenvalue weighted by Crippen LogP contribution is -2.51. The molecule has 22 heavy (non-hydrogen) atoms. The second kappa shape index (κ2) is 7.84. The second-order valence-corrected chi connectivity index (χ2v) is 12.3. The third-order valence-electron chi connectivity index (χ3n) is 2.62. The second-order valence-electron chi connectivity index (χ2n) is 4.40. The van der Waals surface area contributed by atoms with Gasteiger partial charge in [-0.15, -0.1) is 0 Å². The molecule has 1 aliphatic rings. The number of aliphatic hydroxyl groups excluding tert-OH is 1. The smallest absolute Gasteiger partial charge is 0.322 e. The maximum absolute atomic E-state index is 10.1. The third kappa shape index (κ3) is 8.09. The van der Waals surface area contributed by atoms with E-state index in [2.05, 4.69) is 35.4 Å². The summed E-state index contributed by atoms with van der Waals surface area (Å²) in [5.41, 5.74) is 0. The number of hydrogen-bond acceptors (Lipinski definition) is 7. The molecule has 1 fully saturated rings. The molecule has 0 amide bonds. The van der Waals surface area contributed by atoms with Crippen LogP contribution in [-0.2, 0) is 49.0 Å². The molecule has 132 valence electrons. The first kappa shape index (κ1) is 21.6. The molecule has 0 spiro atoms. The highest BCUT2D eigenvalue weighted by Crippen LogP contribution is 2.49. The molecule has 1 aliphatic carbocycles. The predicted molar refractivity (Wildman–Crippen MR) is 86.0 cm³/mol. The summed E-state index contributed by atoms with van der Waals surface area (Å²) in [7, 11) is 0. The normalized spacial score (nSPS) is 31.2. The van der Waals surface area contributed by atoms with Gasteiger partial charge < -0.3 is 43.5 Å². The van der Waals surface area contributed by atoms with Gasteiger partial charge in [-0.1, -0.05) is 0 Å². The zero-order valence-corrected chi connectivity index (χ0v) is 15.8. The summed E-state index contributed by atoms with van der Waals surface area (Å²) in [6.07, 6.45) is -5.65. The molecule has 0 aliphatic heterocycles. The number of hydrogen-bond donors (Lipinski definition) is 7. The molecule has 1 unspecified atom stereocenters. The van der Waals surface area contributed by atoms with Gasteiger partial charge in [0.15, 0.2) is 0 Å². The van der Waals surface area contributed by atoms with Crippen LogP contribution in [0.5, 0.6) is 0 Å². The third-order valence-corrected chi connectivity index (χ3v) is 5.01. The minimum Gasteiger partial charge on any atom is -0.388 e. The van der Waals surface area contributed by atoms with Crippen molar-refractivity contribution in [2.75, 3.05) is 0 Å². The summed E-state index contributed by atoms with van der Waals surface area (Å²) >= 11 is 12.9. The van der Waals surface area contributed by atoms with E-state index < -0.39 is 44.6 Å². The topological polar surface area (TPSA) is 169 Å². The fraction of sp³-hybridized carbons (Fsp3) is 1.00. The Morgan fingerprint density at radius 1 is 0.682 bits per heavy atom. The molecule has 0 aromatic carbocycles. The van der Waals surface area contributed by atoms with E-state index in [4.69, 9.17) is 23.4 Å². The lowest BCUT2D eigenvalue weighted by Gasteiger charge is -2.40. The van der Waals surface area contributed by atoms with Crippen molar-refractivity contribution in [2.45, 2.75) is 37.3 Å². The first-order chi connectivity index (χ1) is 9.68. The Morgan fingerprint density at radius 3 is 1.45 bits per heavy atom. The molecule has 1 rings (SSSR count). The molecule has 0 radical (unpaired) electrons. The minimum atomic E-state index is -4.24. The van der Waals surface area contributed by atoms with Gasteiger partial charge in [0, 0.05) is 0 Å². The van der Waals surface area contributed by atoms with Crippen LogP contribution >= 0.6 is 20.2 Å². The molecule has 0 aromatic heterocycles. The Labute approximate surface area is 141 Å². The van der Waals surface area contributed by atoms with E-state index in [-0.39, 0.29) is 12.8 Å². The Bertz CT molecular complexity index is 526. The molecule has 0 aromatic rings. The van der Waals surface area contributed by atoms with Crippen molar-refractivity contribution in [1.29, 1.82) is 0 Å². The molecule has 4 atom stereocenters. The first-order valence-corrected chi connectivity index (χ1v) is 13.5. The largest absolute Gasteiger partial charge is 0.388 e. The van der Waals surface area contributed by atoms with Gasteiger partial charge >= 0.3 is 20.2 Å². The highest BCUT2D eigenvalue weighted by atomic mass is 32.5. The van der Waals surface area contributed by atoms with Crippen LogP contribution in [0.1, 0.15) is 12.8 Å². The van der Waals surface area contributed by atoms with Gasteiger partial charge in [0.05, 0.1) is 12.2 Å². The van der Waals surface area contributed by atoms with Crippen molar-refractivity contribution in [3.05, 3.63) is 0 Å². The molecule has 10 nitrogen and oxygen atoms in total. The van der Waals surface area contributed by atoms with E-state index >= 15 is 0 Å². The predicted octanol–water partition coefficient (Wildman–Crippen LogP) is -1.08. The molecule has 0 saturated heterocycles. The summed E-state index contributed by atoms with van der Waals surface area (Å²) in [5, 5.41) is 10.1. The molecule has 0 heterocycles. The highest BCUT2D eigenvalue weighted by Gasteiger charge is 2.45. The maximum Gasteiger partial charge on any atom is 0.322 e. The summed E-state index contributed by atoms with van der Waals surface area (Å²) in [6.45, 7) is -12.4. The molecular weight excluding hydrogens is 421 g/mol. The number of aliphatic hydroxyl groups is 1. The van der Waals surface area contributed by atoms with Crippen molar-refractivity contribution >= 4 is 55.6 Å². The van der Waals surface area contributed by atoms with Crippen LogP contribution in [0.4, 0.5) is 0 Å².